The number of halogens is 1. The normalized spacial score (nSPS) is 10.1. The molecule has 0 fully saturated rings. The Bertz CT molecular complexity index is 457. The van der Waals surface area contributed by atoms with E-state index in [4.69, 9.17) is 5.11 Å². The molecule has 0 spiro atoms. The maximum absolute atomic E-state index is 13.3. The highest BCUT2D eigenvalue weighted by Gasteiger charge is 2.02. The van der Waals surface area contributed by atoms with Gasteiger partial charge in [-0.1, -0.05) is 18.2 Å². The largest absolute Gasteiger partial charge is 0.481 e. The maximum Gasteiger partial charge on any atom is 0.314 e. The minimum absolute atomic E-state index is 0.101. The topological polar surface area (TPSA) is 78.4 Å². The van der Waals surface area contributed by atoms with Crippen molar-refractivity contribution in [1.29, 1.82) is 0 Å². The third-order valence-corrected chi connectivity index (χ3v) is 3.38. The molecule has 1 rings (SSSR count). The van der Waals surface area contributed by atoms with E-state index in [0.717, 1.165) is 0 Å². The van der Waals surface area contributed by atoms with Gasteiger partial charge in [-0.2, -0.15) is 11.8 Å². The van der Waals surface area contributed by atoms with Gasteiger partial charge in [0.25, 0.3) is 0 Å². The summed E-state index contributed by atoms with van der Waals surface area (Å²) in [5.41, 5.74) is 0.642. The van der Waals surface area contributed by atoms with Gasteiger partial charge in [-0.15, -0.1) is 0 Å². The smallest absolute Gasteiger partial charge is 0.314 e. The first-order chi connectivity index (χ1) is 9.59. The van der Waals surface area contributed by atoms with E-state index >= 15 is 0 Å². The molecule has 0 aliphatic carbocycles. The molecule has 110 valence electrons. The number of hydrogen-bond donors (Lipinski definition) is 3. The Hall–Kier alpha value is -1.76. The van der Waals surface area contributed by atoms with Gasteiger partial charge in [0.15, 0.2) is 0 Å². The van der Waals surface area contributed by atoms with Gasteiger partial charge in [0.2, 0.25) is 0 Å². The number of rotatable bonds is 8. The molecule has 0 heterocycles. The molecule has 2 amide bonds. The molecular weight excluding hydrogens is 283 g/mol. The Balaban J connectivity index is 2.06. The molecule has 5 nitrogen and oxygen atoms in total. The molecule has 0 atom stereocenters. The highest BCUT2D eigenvalue weighted by atomic mass is 32.2. The van der Waals surface area contributed by atoms with Gasteiger partial charge in [-0.3, -0.25) is 4.79 Å². The van der Waals surface area contributed by atoms with Crippen molar-refractivity contribution in [2.75, 3.05) is 18.8 Å². The monoisotopic (exact) mass is 300 g/mol. The number of benzene rings is 1. The molecule has 1 aromatic rings. The van der Waals surface area contributed by atoms with E-state index in [1.54, 1.807) is 18.2 Å². The van der Waals surface area contributed by atoms with Gasteiger partial charge in [-0.25, -0.2) is 9.18 Å². The molecule has 3 N–H and O–H groups in total. The molecule has 0 aliphatic rings. The van der Waals surface area contributed by atoms with Crippen LogP contribution in [0.3, 0.4) is 0 Å². The van der Waals surface area contributed by atoms with Gasteiger partial charge in [0, 0.05) is 24.6 Å². The van der Waals surface area contributed by atoms with Gasteiger partial charge in [0.1, 0.15) is 5.82 Å². The van der Waals surface area contributed by atoms with E-state index in [9.17, 15) is 14.0 Å². The van der Waals surface area contributed by atoms with Crippen LogP contribution >= 0.6 is 11.8 Å². The van der Waals surface area contributed by atoms with Crippen molar-refractivity contribution in [2.24, 2.45) is 0 Å². The zero-order valence-electron chi connectivity index (χ0n) is 10.9. The van der Waals surface area contributed by atoms with Gasteiger partial charge >= 0.3 is 12.0 Å². The second kappa shape index (κ2) is 9.19. The zero-order valence-corrected chi connectivity index (χ0v) is 11.7. The Kier molecular flexibility index (Phi) is 7.49. The summed E-state index contributed by atoms with van der Waals surface area (Å²) in [5.74, 6) is 0.0282. The van der Waals surface area contributed by atoms with Crippen LogP contribution in [0, 0.1) is 5.82 Å². The lowest BCUT2D eigenvalue weighted by Gasteiger charge is -2.07. The Morgan fingerprint density at radius 2 is 1.90 bits per heavy atom. The second-order valence-electron chi connectivity index (χ2n) is 3.97. The molecule has 0 saturated carbocycles. The van der Waals surface area contributed by atoms with Crippen LogP contribution in [0.4, 0.5) is 9.18 Å². The predicted molar refractivity (Wildman–Crippen MR) is 76.2 cm³/mol. The van der Waals surface area contributed by atoms with E-state index in [1.165, 1.54) is 17.8 Å². The van der Waals surface area contributed by atoms with E-state index in [-0.39, 0.29) is 18.8 Å². The standard InChI is InChI=1S/C13H17FN2O3S/c14-11-4-2-1-3-10(11)9-20-8-7-16-13(19)15-6-5-12(17)18/h1-4H,5-9H2,(H,17,18)(H2,15,16,19). The highest BCUT2D eigenvalue weighted by Crippen LogP contribution is 2.14. The van der Waals surface area contributed by atoms with Crippen molar-refractivity contribution in [2.45, 2.75) is 12.2 Å². The average Bonchev–Trinajstić information content (AvgIpc) is 2.40. The van der Waals surface area contributed by atoms with Gasteiger partial charge < -0.3 is 15.7 Å². The van der Waals surface area contributed by atoms with Crippen LogP contribution in [0.2, 0.25) is 0 Å². The minimum Gasteiger partial charge on any atom is -0.481 e. The minimum atomic E-state index is -0.953. The SMILES string of the molecule is O=C(O)CCNC(=O)NCCSCc1ccccc1F. The van der Waals surface area contributed by atoms with Crippen molar-refractivity contribution < 1.29 is 19.1 Å². The molecule has 0 bridgehead atoms. The summed E-state index contributed by atoms with van der Waals surface area (Å²) in [4.78, 5) is 21.5. The van der Waals surface area contributed by atoms with Crippen LogP contribution in [-0.2, 0) is 10.5 Å². The maximum atomic E-state index is 13.3. The fourth-order valence-electron chi connectivity index (χ4n) is 1.38. The predicted octanol–water partition coefficient (Wildman–Crippen LogP) is 1.83. The number of hydrogen-bond acceptors (Lipinski definition) is 3. The van der Waals surface area contributed by atoms with Crippen molar-refractivity contribution in [3.8, 4) is 0 Å². The number of carbonyl (C=O) groups excluding carboxylic acids is 1. The van der Waals surface area contributed by atoms with E-state index in [1.807, 2.05) is 0 Å². The van der Waals surface area contributed by atoms with Gasteiger partial charge in [0.05, 0.1) is 6.42 Å². The summed E-state index contributed by atoms with van der Waals surface area (Å²) < 4.78 is 13.3. The molecule has 1 aromatic carbocycles. The zero-order chi connectivity index (χ0) is 14.8. The van der Waals surface area contributed by atoms with Crippen LogP contribution in [0.25, 0.3) is 0 Å². The fourth-order valence-corrected chi connectivity index (χ4v) is 2.22. The molecule has 7 heteroatoms. The summed E-state index contributed by atoms with van der Waals surface area (Å²) in [6, 6.07) is 6.19. The molecule has 0 unspecified atom stereocenters. The van der Waals surface area contributed by atoms with E-state index in [2.05, 4.69) is 10.6 Å². The van der Waals surface area contributed by atoms with Crippen molar-refractivity contribution in [1.82, 2.24) is 10.6 Å². The number of carbonyl (C=O) groups is 2. The lowest BCUT2D eigenvalue weighted by molar-refractivity contribution is -0.136. The van der Waals surface area contributed by atoms with Crippen LogP contribution in [0.1, 0.15) is 12.0 Å². The Morgan fingerprint density at radius 1 is 1.20 bits per heavy atom. The summed E-state index contributed by atoms with van der Waals surface area (Å²) in [7, 11) is 0. The lowest BCUT2D eigenvalue weighted by Crippen LogP contribution is -2.37. The first kappa shape index (κ1) is 16.3. The van der Waals surface area contributed by atoms with Crippen LogP contribution in [0.15, 0.2) is 24.3 Å². The van der Waals surface area contributed by atoms with E-state index in [0.29, 0.717) is 23.6 Å². The Morgan fingerprint density at radius 3 is 2.60 bits per heavy atom. The lowest BCUT2D eigenvalue weighted by atomic mass is 10.2. The first-order valence-electron chi connectivity index (χ1n) is 6.14. The quantitative estimate of drug-likeness (QED) is 0.640. The summed E-state index contributed by atoms with van der Waals surface area (Å²) in [6.07, 6.45) is -0.102. The molecule has 0 aliphatic heterocycles. The summed E-state index contributed by atoms with van der Waals surface area (Å²) in [6.45, 7) is 0.543. The van der Waals surface area contributed by atoms with Crippen LogP contribution < -0.4 is 10.6 Å². The molecule has 0 saturated heterocycles. The third-order valence-electron chi connectivity index (χ3n) is 2.37. The molecular formula is C13H17FN2O3S. The average molecular weight is 300 g/mol. The molecule has 0 radical (unpaired) electrons. The van der Waals surface area contributed by atoms with Crippen molar-refractivity contribution in [3.05, 3.63) is 35.6 Å². The van der Waals surface area contributed by atoms with E-state index < -0.39 is 12.0 Å². The first-order valence-corrected chi connectivity index (χ1v) is 7.29. The fraction of sp³-hybridized carbons (Fsp3) is 0.385. The third kappa shape index (κ3) is 6.98. The number of aliphatic carboxylic acids is 1. The molecule has 20 heavy (non-hydrogen) atoms. The van der Waals surface area contributed by atoms with Crippen molar-refractivity contribution >= 4 is 23.8 Å². The number of nitrogens with one attached hydrogen (secondary N) is 2. The highest BCUT2D eigenvalue weighted by molar-refractivity contribution is 7.98. The number of carboxylic acid groups (broad SMARTS) is 1. The summed E-state index contributed by atoms with van der Waals surface area (Å²) in [5, 5.41) is 13.4. The van der Waals surface area contributed by atoms with Crippen LogP contribution in [0.5, 0.6) is 0 Å². The van der Waals surface area contributed by atoms with Crippen molar-refractivity contribution in [3.63, 3.8) is 0 Å². The number of urea groups is 1. The Labute approximate surface area is 120 Å². The number of thioether (sulfide) groups is 1. The number of amides is 2. The second-order valence-corrected chi connectivity index (χ2v) is 5.08. The number of carboxylic acids is 1. The summed E-state index contributed by atoms with van der Waals surface area (Å²) >= 11 is 1.51. The van der Waals surface area contributed by atoms with Gasteiger partial charge in [-0.05, 0) is 11.6 Å². The van der Waals surface area contributed by atoms with Crippen LogP contribution in [-0.4, -0.2) is 35.9 Å². The molecule has 0 aromatic heterocycles.